The highest BCUT2D eigenvalue weighted by Crippen LogP contribution is 2.16. The van der Waals surface area contributed by atoms with Gasteiger partial charge in [-0.25, -0.2) is 0 Å². The molecule has 0 bridgehead atoms. The van der Waals surface area contributed by atoms with Gasteiger partial charge in [0.2, 0.25) is 0 Å². The molecule has 14 heavy (non-hydrogen) atoms. The average Bonchev–Trinajstić information content (AvgIpc) is 2.41. The fourth-order valence-electron chi connectivity index (χ4n) is 1.89. The van der Waals surface area contributed by atoms with Gasteiger partial charge in [-0.3, -0.25) is 4.90 Å². The second-order valence-corrected chi connectivity index (χ2v) is 5.48. The molecule has 0 amide bonds. The second-order valence-electron chi connectivity index (χ2n) is 3.73. The van der Waals surface area contributed by atoms with E-state index < -0.39 is 0 Å². The molecular weight excluding hydrogens is 212 g/mol. The smallest absolute Gasteiger partial charge is 0.0743 e. The van der Waals surface area contributed by atoms with E-state index in [1.54, 1.807) is 0 Å². The van der Waals surface area contributed by atoms with Gasteiger partial charge in [-0.2, -0.15) is 11.8 Å². The molecule has 1 unspecified atom stereocenters. The van der Waals surface area contributed by atoms with Gasteiger partial charge < -0.3 is 5.73 Å². The lowest BCUT2D eigenvalue weighted by molar-refractivity contribution is 0.211. The zero-order valence-electron chi connectivity index (χ0n) is 8.87. The Hall–Kier alpha value is 0.200. The highest BCUT2D eigenvalue weighted by atomic mass is 32.2. The Kier molecular flexibility index (Phi) is 5.82. The predicted molar refractivity (Wildman–Crippen MR) is 69.0 cm³/mol. The Bertz CT molecular complexity index is 177. The molecule has 4 heteroatoms. The minimum atomic E-state index is 0.575. The van der Waals surface area contributed by atoms with Crippen LogP contribution < -0.4 is 5.73 Å². The van der Waals surface area contributed by atoms with E-state index in [1.165, 1.54) is 31.0 Å². The van der Waals surface area contributed by atoms with Crippen molar-refractivity contribution in [2.75, 3.05) is 24.6 Å². The third kappa shape index (κ3) is 4.15. The third-order valence-electron chi connectivity index (χ3n) is 2.68. The van der Waals surface area contributed by atoms with E-state index in [4.69, 9.17) is 18.0 Å². The van der Waals surface area contributed by atoms with Crippen LogP contribution in [0.4, 0.5) is 0 Å². The third-order valence-corrected chi connectivity index (χ3v) is 3.90. The maximum atomic E-state index is 5.61. The molecule has 1 aliphatic rings. The average molecular weight is 232 g/mol. The summed E-state index contributed by atoms with van der Waals surface area (Å²) in [6, 6.07) is 0.575. The summed E-state index contributed by atoms with van der Waals surface area (Å²) in [6.45, 7) is 4.64. The molecule has 82 valence electrons. The van der Waals surface area contributed by atoms with Crippen LogP contribution in [0, 0.1) is 0 Å². The highest BCUT2D eigenvalue weighted by molar-refractivity contribution is 7.99. The molecule has 0 aliphatic carbocycles. The lowest BCUT2D eigenvalue weighted by Crippen LogP contribution is -2.38. The number of thioether (sulfide) groups is 1. The first-order valence-corrected chi connectivity index (χ1v) is 6.90. The molecule has 0 radical (unpaired) electrons. The van der Waals surface area contributed by atoms with Crippen LogP contribution in [0.5, 0.6) is 0 Å². The fourth-order valence-corrected chi connectivity index (χ4v) is 2.99. The molecule has 2 N–H and O–H groups in total. The van der Waals surface area contributed by atoms with Crippen molar-refractivity contribution >= 4 is 29.0 Å². The van der Waals surface area contributed by atoms with Gasteiger partial charge in [-0.1, -0.05) is 19.1 Å². The first-order chi connectivity index (χ1) is 6.74. The summed E-state index contributed by atoms with van der Waals surface area (Å²) < 4.78 is 0. The van der Waals surface area contributed by atoms with Crippen LogP contribution >= 0.6 is 24.0 Å². The van der Waals surface area contributed by atoms with E-state index in [-0.39, 0.29) is 0 Å². The molecular formula is C10H20N2S2. The lowest BCUT2D eigenvalue weighted by atomic mass is 10.1. The molecule has 0 spiro atoms. The molecule has 1 fully saturated rings. The number of hydrogen-bond donors (Lipinski definition) is 1. The number of rotatable bonds is 4. The van der Waals surface area contributed by atoms with Crippen molar-refractivity contribution in [2.24, 2.45) is 5.73 Å². The molecule has 0 aromatic carbocycles. The van der Waals surface area contributed by atoms with Crippen molar-refractivity contribution in [3.05, 3.63) is 0 Å². The Morgan fingerprint density at radius 2 is 2.29 bits per heavy atom. The molecule has 0 saturated carbocycles. The Labute approximate surface area is 96.6 Å². The zero-order chi connectivity index (χ0) is 10.4. The summed E-state index contributed by atoms with van der Waals surface area (Å²) in [5.41, 5.74) is 5.61. The first kappa shape index (κ1) is 12.3. The molecule has 1 rings (SSSR count). The van der Waals surface area contributed by atoms with Crippen LogP contribution in [0.2, 0.25) is 0 Å². The fraction of sp³-hybridized carbons (Fsp3) is 0.900. The Balaban J connectivity index is 2.44. The van der Waals surface area contributed by atoms with Crippen LogP contribution in [0.15, 0.2) is 0 Å². The summed E-state index contributed by atoms with van der Waals surface area (Å²) in [5.74, 6) is 2.56. The van der Waals surface area contributed by atoms with E-state index in [0.29, 0.717) is 11.0 Å². The topological polar surface area (TPSA) is 29.3 Å². The number of nitrogens with two attached hydrogens (primary N) is 1. The van der Waals surface area contributed by atoms with E-state index in [2.05, 4.69) is 23.6 Å². The van der Waals surface area contributed by atoms with E-state index in [0.717, 1.165) is 12.8 Å². The predicted octanol–water partition coefficient (Wildman–Crippen LogP) is 1.88. The van der Waals surface area contributed by atoms with Crippen LogP contribution in [0.1, 0.15) is 26.2 Å². The second kappa shape index (κ2) is 6.64. The summed E-state index contributed by atoms with van der Waals surface area (Å²) >= 11 is 7.05. The molecule has 0 aromatic heterocycles. The molecule has 1 aliphatic heterocycles. The van der Waals surface area contributed by atoms with Crippen molar-refractivity contribution in [1.29, 1.82) is 0 Å². The molecule has 1 saturated heterocycles. The first-order valence-electron chi connectivity index (χ1n) is 5.34. The molecule has 2 nitrogen and oxygen atoms in total. The SMILES string of the molecule is CCC(CC(N)=S)N1CCCSCC1. The Morgan fingerprint density at radius 1 is 1.50 bits per heavy atom. The van der Waals surface area contributed by atoms with Gasteiger partial charge in [0.15, 0.2) is 0 Å². The van der Waals surface area contributed by atoms with Gasteiger partial charge in [-0.15, -0.1) is 0 Å². The molecule has 1 heterocycles. The highest BCUT2D eigenvalue weighted by Gasteiger charge is 2.18. The van der Waals surface area contributed by atoms with E-state index in [9.17, 15) is 0 Å². The molecule has 0 aromatic rings. The van der Waals surface area contributed by atoms with Gasteiger partial charge in [0.1, 0.15) is 0 Å². The van der Waals surface area contributed by atoms with Crippen LogP contribution in [0.25, 0.3) is 0 Å². The number of hydrogen-bond acceptors (Lipinski definition) is 3. The van der Waals surface area contributed by atoms with Crippen molar-refractivity contribution in [3.63, 3.8) is 0 Å². The number of thiocarbonyl (C=S) groups is 1. The lowest BCUT2D eigenvalue weighted by Gasteiger charge is -2.29. The molecule has 1 atom stereocenters. The minimum absolute atomic E-state index is 0.575. The van der Waals surface area contributed by atoms with Crippen molar-refractivity contribution in [2.45, 2.75) is 32.2 Å². The van der Waals surface area contributed by atoms with Gasteiger partial charge >= 0.3 is 0 Å². The quantitative estimate of drug-likeness (QED) is 0.750. The van der Waals surface area contributed by atoms with Gasteiger partial charge in [-0.05, 0) is 25.1 Å². The Morgan fingerprint density at radius 3 is 2.93 bits per heavy atom. The van der Waals surface area contributed by atoms with Crippen molar-refractivity contribution < 1.29 is 0 Å². The largest absolute Gasteiger partial charge is 0.393 e. The zero-order valence-corrected chi connectivity index (χ0v) is 10.5. The summed E-state index contributed by atoms with van der Waals surface area (Å²) in [4.78, 5) is 3.22. The van der Waals surface area contributed by atoms with Gasteiger partial charge in [0.05, 0.1) is 4.99 Å². The number of nitrogens with zero attached hydrogens (tertiary/aromatic N) is 1. The van der Waals surface area contributed by atoms with Crippen LogP contribution in [0.3, 0.4) is 0 Å². The maximum Gasteiger partial charge on any atom is 0.0743 e. The summed E-state index contributed by atoms with van der Waals surface area (Å²) in [5, 5.41) is 0. The van der Waals surface area contributed by atoms with E-state index in [1.807, 2.05) is 0 Å². The maximum absolute atomic E-state index is 5.61. The summed E-state index contributed by atoms with van der Waals surface area (Å²) in [7, 11) is 0. The van der Waals surface area contributed by atoms with Crippen LogP contribution in [-0.4, -0.2) is 40.5 Å². The van der Waals surface area contributed by atoms with Crippen molar-refractivity contribution in [1.82, 2.24) is 4.90 Å². The normalized spacial score (nSPS) is 21.5. The van der Waals surface area contributed by atoms with Gasteiger partial charge in [0.25, 0.3) is 0 Å². The van der Waals surface area contributed by atoms with E-state index >= 15 is 0 Å². The monoisotopic (exact) mass is 232 g/mol. The summed E-state index contributed by atoms with van der Waals surface area (Å²) in [6.07, 6.45) is 3.34. The van der Waals surface area contributed by atoms with Crippen molar-refractivity contribution in [3.8, 4) is 0 Å². The van der Waals surface area contributed by atoms with Gasteiger partial charge in [0, 0.05) is 24.8 Å². The van der Waals surface area contributed by atoms with Crippen LogP contribution in [-0.2, 0) is 0 Å². The minimum Gasteiger partial charge on any atom is -0.393 e. The standard InChI is InChI=1S/C10H20N2S2/c1-2-9(8-10(11)13)12-4-3-6-14-7-5-12/h9H,2-8H2,1H3,(H2,11,13).